The van der Waals surface area contributed by atoms with E-state index in [0.29, 0.717) is 0 Å². The fraction of sp³-hybridized carbons (Fsp3) is 0.211. The van der Waals surface area contributed by atoms with E-state index in [1.165, 1.54) is 30.5 Å². The lowest BCUT2D eigenvalue weighted by atomic mass is 10.1. The van der Waals surface area contributed by atoms with Crippen molar-refractivity contribution in [1.82, 2.24) is 4.98 Å². The normalized spacial score (nSPS) is 16.3. The van der Waals surface area contributed by atoms with Crippen LogP contribution in [-0.4, -0.2) is 40.6 Å². The van der Waals surface area contributed by atoms with Crippen LogP contribution in [0.3, 0.4) is 0 Å². The van der Waals surface area contributed by atoms with Crippen LogP contribution in [0.25, 0.3) is 0 Å². The summed E-state index contributed by atoms with van der Waals surface area (Å²) in [6.45, 7) is 1.81. The highest BCUT2D eigenvalue weighted by Gasteiger charge is 2.42. The molecule has 1 saturated heterocycles. The van der Waals surface area contributed by atoms with Gasteiger partial charge >= 0.3 is 5.97 Å². The van der Waals surface area contributed by atoms with Gasteiger partial charge in [0.25, 0.3) is 0 Å². The third-order valence-electron chi connectivity index (χ3n) is 3.99. The monoisotopic (exact) mass is 399 g/mol. The molecule has 0 bridgehead atoms. The van der Waals surface area contributed by atoms with Gasteiger partial charge in [-0.2, -0.15) is 0 Å². The van der Waals surface area contributed by atoms with Crippen LogP contribution in [0.15, 0.2) is 47.6 Å². The Balaban J connectivity index is 1.90. The number of esters is 1. The summed E-state index contributed by atoms with van der Waals surface area (Å²) in [6.07, 6.45) is 1.24. The number of ether oxygens (including phenoxy) is 1. The standard InChI is InChI=1S/C19H16N2O6S/c1-2-27-19(26)11-6-3-4-8-13(11)21-15(22)10-14(17(21)23)28-16-12(18(24)25)7-5-9-20-16/h3-9,14H,2,10H2,1H3,(H,24,25)/p-1. The van der Waals surface area contributed by atoms with Gasteiger partial charge < -0.3 is 14.6 Å². The van der Waals surface area contributed by atoms with E-state index in [2.05, 4.69) is 4.98 Å². The van der Waals surface area contributed by atoms with Gasteiger partial charge in [0, 0.05) is 18.2 Å². The fourth-order valence-corrected chi connectivity index (χ4v) is 3.88. The molecule has 0 spiro atoms. The number of imide groups is 1. The Hall–Kier alpha value is -3.20. The summed E-state index contributed by atoms with van der Waals surface area (Å²) in [6, 6.07) is 8.93. The topological polar surface area (TPSA) is 117 Å². The minimum atomic E-state index is -1.42. The molecule has 1 unspecified atom stereocenters. The van der Waals surface area contributed by atoms with Gasteiger partial charge in [-0.15, -0.1) is 0 Å². The van der Waals surface area contributed by atoms with Crippen molar-refractivity contribution in [3.05, 3.63) is 53.7 Å². The molecule has 28 heavy (non-hydrogen) atoms. The fourth-order valence-electron chi connectivity index (χ4n) is 2.77. The minimum Gasteiger partial charge on any atom is -0.545 e. The number of hydrogen-bond acceptors (Lipinski definition) is 8. The molecule has 0 radical (unpaired) electrons. The molecule has 1 aromatic carbocycles. The van der Waals surface area contributed by atoms with E-state index in [1.807, 2.05) is 0 Å². The average molecular weight is 399 g/mol. The number of nitrogens with zero attached hydrogens (tertiary/aromatic N) is 2. The molecule has 0 aliphatic carbocycles. The Morgan fingerprint density at radius 3 is 2.64 bits per heavy atom. The Labute approximate surface area is 164 Å². The largest absolute Gasteiger partial charge is 0.545 e. The zero-order chi connectivity index (χ0) is 20.3. The maximum atomic E-state index is 12.9. The van der Waals surface area contributed by atoms with Crippen LogP contribution >= 0.6 is 11.8 Å². The lowest BCUT2D eigenvalue weighted by Gasteiger charge is -2.18. The molecule has 2 aromatic rings. The summed E-state index contributed by atoms with van der Waals surface area (Å²) in [4.78, 5) is 53.7. The van der Waals surface area contributed by atoms with Crippen LogP contribution in [0.4, 0.5) is 5.69 Å². The van der Waals surface area contributed by atoms with Gasteiger partial charge in [-0.05, 0) is 31.2 Å². The molecule has 1 aromatic heterocycles. The SMILES string of the molecule is CCOC(=O)c1ccccc1N1C(=O)CC(Sc2ncccc2C(=O)[O-])C1=O. The quantitative estimate of drug-likeness (QED) is 0.523. The molecule has 8 nitrogen and oxygen atoms in total. The first-order valence-electron chi connectivity index (χ1n) is 8.40. The third kappa shape index (κ3) is 3.74. The molecule has 1 aliphatic heterocycles. The predicted octanol–water partition coefficient (Wildman–Crippen LogP) is 1.05. The lowest BCUT2D eigenvalue weighted by molar-refractivity contribution is -0.255. The van der Waals surface area contributed by atoms with Crippen molar-refractivity contribution in [2.24, 2.45) is 0 Å². The summed E-state index contributed by atoms with van der Waals surface area (Å²) in [5.74, 6) is -3.11. The van der Waals surface area contributed by atoms with Gasteiger partial charge in [0.05, 0.1) is 29.1 Å². The van der Waals surface area contributed by atoms with Gasteiger partial charge in [0.15, 0.2) is 0 Å². The van der Waals surface area contributed by atoms with E-state index in [-0.39, 0.29) is 34.9 Å². The zero-order valence-corrected chi connectivity index (χ0v) is 15.6. The van der Waals surface area contributed by atoms with Gasteiger partial charge in [-0.3, -0.25) is 9.59 Å². The van der Waals surface area contributed by atoms with E-state index < -0.39 is 29.0 Å². The predicted molar refractivity (Wildman–Crippen MR) is 97.7 cm³/mol. The number of rotatable bonds is 6. The van der Waals surface area contributed by atoms with Crippen molar-refractivity contribution in [1.29, 1.82) is 0 Å². The molecule has 0 saturated carbocycles. The van der Waals surface area contributed by atoms with Gasteiger partial charge in [0.1, 0.15) is 5.03 Å². The number of carboxylic acid groups (broad SMARTS) is 1. The van der Waals surface area contributed by atoms with Crippen molar-refractivity contribution in [3.63, 3.8) is 0 Å². The van der Waals surface area contributed by atoms with Gasteiger partial charge in [-0.1, -0.05) is 23.9 Å². The molecular weight excluding hydrogens is 384 g/mol. The number of carbonyl (C=O) groups is 4. The van der Waals surface area contributed by atoms with Crippen LogP contribution in [0.2, 0.25) is 0 Å². The van der Waals surface area contributed by atoms with Crippen LogP contribution in [-0.2, 0) is 14.3 Å². The second kappa shape index (κ2) is 8.22. The maximum absolute atomic E-state index is 12.9. The molecule has 1 fully saturated rings. The molecule has 9 heteroatoms. The van der Waals surface area contributed by atoms with E-state index in [9.17, 15) is 24.3 Å². The first kappa shape index (κ1) is 19.6. The number of aromatic carboxylic acids is 1. The highest BCUT2D eigenvalue weighted by Crippen LogP contribution is 2.35. The second-order valence-electron chi connectivity index (χ2n) is 5.76. The van der Waals surface area contributed by atoms with Crippen LogP contribution < -0.4 is 10.0 Å². The Bertz CT molecular complexity index is 961. The lowest BCUT2D eigenvalue weighted by Crippen LogP contribution is -2.32. The van der Waals surface area contributed by atoms with Gasteiger partial charge in [0.2, 0.25) is 11.8 Å². The van der Waals surface area contributed by atoms with Crippen molar-refractivity contribution < 1.29 is 29.0 Å². The molecular formula is C19H15N2O6S-. The molecule has 0 N–H and O–H groups in total. The Morgan fingerprint density at radius 2 is 1.93 bits per heavy atom. The minimum absolute atomic E-state index is 0.0918. The molecule has 3 rings (SSSR count). The number of thioether (sulfide) groups is 1. The number of benzene rings is 1. The number of pyridine rings is 1. The molecule has 144 valence electrons. The van der Waals surface area contributed by atoms with Crippen molar-refractivity contribution in [2.75, 3.05) is 11.5 Å². The highest BCUT2D eigenvalue weighted by atomic mass is 32.2. The Morgan fingerprint density at radius 1 is 1.21 bits per heavy atom. The summed E-state index contributed by atoms with van der Waals surface area (Å²) < 4.78 is 4.99. The van der Waals surface area contributed by atoms with E-state index in [0.717, 1.165) is 16.7 Å². The average Bonchev–Trinajstić information content (AvgIpc) is 2.95. The number of anilines is 1. The molecule has 1 atom stereocenters. The number of aromatic nitrogens is 1. The first-order chi connectivity index (χ1) is 13.4. The van der Waals surface area contributed by atoms with E-state index in [4.69, 9.17) is 4.74 Å². The number of hydrogen-bond donors (Lipinski definition) is 0. The molecule has 2 amide bonds. The third-order valence-corrected chi connectivity index (χ3v) is 5.19. The van der Waals surface area contributed by atoms with Crippen molar-refractivity contribution in [3.8, 4) is 0 Å². The highest BCUT2D eigenvalue weighted by molar-refractivity contribution is 8.00. The van der Waals surface area contributed by atoms with Crippen molar-refractivity contribution in [2.45, 2.75) is 23.6 Å². The maximum Gasteiger partial charge on any atom is 0.340 e. The molecule has 2 heterocycles. The van der Waals surface area contributed by atoms with E-state index in [1.54, 1.807) is 19.1 Å². The summed E-state index contributed by atoms with van der Waals surface area (Å²) in [7, 11) is 0. The number of carbonyl (C=O) groups excluding carboxylic acids is 4. The summed E-state index contributed by atoms with van der Waals surface area (Å²) in [5.41, 5.74) is 0.0864. The Kier molecular flexibility index (Phi) is 5.74. The number of amides is 2. The van der Waals surface area contributed by atoms with Crippen LogP contribution in [0.5, 0.6) is 0 Å². The summed E-state index contributed by atoms with van der Waals surface area (Å²) in [5, 5.41) is 10.5. The first-order valence-corrected chi connectivity index (χ1v) is 9.28. The number of para-hydroxylation sites is 1. The number of carboxylic acids is 1. The second-order valence-corrected chi connectivity index (χ2v) is 6.95. The smallest absolute Gasteiger partial charge is 0.340 e. The van der Waals surface area contributed by atoms with E-state index >= 15 is 0 Å². The van der Waals surface area contributed by atoms with Crippen LogP contribution in [0, 0.1) is 0 Å². The van der Waals surface area contributed by atoms with Crippen molar-refractivity contribution >= 4 is 41.2 Å². The van der Waals surface area contributed by atoms with Gasteiger partial charge in [-0.25, -0.2) is 14.7 Å². The zero-order valence-electron chi connectivity index (χ0n) is 14.8. The molecule has 1 aliphatic rings. The van der Waals surface area contributed by atoms with Crippen LogP contribution in [0.1, 0.15) is 34.1 Å². The summed E-state index contributed by atoms with van der Waals surface area (Å²) >= 11 is 0.881.